The van der Waals surface area contributed by atoms with Gasteiger partial charge in [0.25, 0.3) is 5.91 Å². The van der Waals surface area contributed by atoms with Crippen LogP contribution in [0.25, 0.3) is 5.65 Å². The Labute approximate surface area is 151 Å². The van der Waals surface area contributed by atoms with Gasteiger partial charge in [0, 0.05) is 24.6 Å². The summed E-state index contributed by atoms with van der Waals surface area (Å²) in [5.41, 5.74) is 4.06. The van der Waals surface area contributed by atoms with Crippen LogP contribution in [0.15, 0.2) is 30.6 Å². The summed E-state index contributed by atoms with van der Waals surface area (Å²) in [6, 6.07) is 5.82. The molecule has 1 fully saturated rings. The molecule has 26 heavy (non-hydrogen) atoms. The standard InChI is InChI=1S/C19H21N5O2/c1-12-4-5-18-22-16(10-24(18)9-12)19(25)23-6-7-26-17(11-23)15-8-13(2)20-14(3)21-15/h4-5,8-10,17H,6-7,11H2,1-3H3. The molecule has 7 nitrogen and oxygen atoms in total. The smallest absolute Gasteiger partial charge is 0.274 e. The molecule has 1 aliphatic rings. The first kappa shape index (κ1) is 16.7. The van der Waals surface area contributed by atoms with E-state index in [4.69, 9.17) is 4.74 Å². The largest absolute Gasteiger partial charge is 0.368 e. The van der Waals surface area contributed by atoms with Crippen molar-refractivity contribution in [1.29, 1.82) is 0 Å². The van der Waals surface area contributed by atoms with Crippen LogP contribution in [0, 0.1) is 20.8 Å². The number of aryl methyl sites for hydroxylation is 3. The molecule has 0 saturated carbocycles. The predicted octanol–water partition coefficient (Wildman–Crippen LogP) is 2.26. The number of carbonyl (C=O) groups is 1. The second-order valence-electron chi connectivity index (χ2n) is 6.69. The average Bonchev–Trinajstić information content (AvgIpc) is 3.03. The van der Waals surface area contributed by atoms with E-state index in [1.807, 2.05) is 49.6 Å². The van der Waals surface area contributed by atoms with E-state index in [2.05, 4.69) is 15.0 Å². The number of imidazole rings is 1. The van der Waals surface area contributed by atoms with Crippen LogP contribution in [0.2, 0.25) is 0 Å². The molecule has 0 aromatic carbocycles. The van der Waals surface area contributed by atoms with Gasteiger partial charge >= 0.3 is 0 Å². The first-order chi connectivity index (χ1) is 12.5. The number of pyridine rings is 1. The lowest BCUT2D eigenvalue weighted by atomic mass is 10.1. The number of nitrogens with zero attached hydrogens (tertiary/aromatic N) is 5. The van der Waals surface area contributed by atoms with Crippen LogP contribution in [0.5, 0.6) is 0 Å². The van der Waals surface area contributed by atoms with Gasteiger partial charge in [0.1, 0.15) is 23.3 Å². The quantitative estimate of drug-likeness (QED) is 0.708. The van der Waals surface area contributed by atoms with Crippen LogP contribution < -0.4 is 0 Å². The van der Waals surface area contributed by atoms with Crippen molar-refractivity contribution in [2.24, 2.45) is 0 Å². The summed E-state index contributed by atoms with van der Waals surface area (Å²) in [6.07, 6.45) is 3.51. The van der Waals surface area contributed by atoms with E-state index >= 15 is 0 Å². The summed E-state index contributed by atoms with van der Waals surface area (Å²) in [4.78, 5) is 28.0. The molecule has 3 aromatic heterocycles. The summed E-state index contributed by atoms with van der Waals surface area (Å²) < 4.78 is 7.74. The van der Waals surface area contributed by atoms with E-state index in [1.165, 1.54) is 0 Å². The normalized spacial score (nSPS) is 17.7. The van der Waals surface area contributed by atoms with Crippen molar-refractivity contribution in [2.45, 2.75) is 26.9 Å². The average molecular weight is 351 g/mol. The Hall–Kier alpha value is -2.80. The molecular weight excluding hydrogens is 330 g/mol. The van der Waals surface area contributed by atoms with Crippen molar-refractivity contribution in [3.8, 4) is 0 Å². The molecule has 0 spiro atoms. The molecule has 0 bridgehead atoms. The van der Waals surface area contributed by atoms with E-state index in [-0.39, 0.29) is 12.0 Å². The lowest BCUT2D eigenvalue weighted by molar-refractivity contribution is -0.0250. The Kier molecular flexibility index (Phi) is 4.16. The summed E-state index contributed by atoms with van der Waals surface area (Å²) in [7, 11) is 0. The highest BCUT2D eigenvalue weighted by atomic mass is 16.5. The van der Waals surface area contributed by atoms with Gasteiger partial charge in [-0.15, -0.1) is 0 Å². The summed E-state index contributed by atoms with van der Waals surface area (Å²) in [6.45, 7) is 7.29. The van der Waals surface area contributed by atoms with Crippen molar-refractivity contribution in [3.05, 3.63) is 59.1 Å². The van der Waals surface area contributed by atoms with Gasteiger partial charge in [-0.25, -0.2) is 15.0 Å². The van der Waals surface area contributed by atoms with Gasteiger partial charge in [0.15, 0.2) is 0 Å². The molecule has 7 heteroatoms. The van der Waals surface area contributed by atoms with Crippen LogP contribution in [-0.2, 0) is 4.74 Å². The van der Waals surface area contributed by atoms with Crippen molar-refractivity contribution < 1.29 is 9.53 Å². The third-order valence-electron chi connectivity index (χ3n) is 4.49. The fraction of sp³-hybridized carbons (Fsp3) is 0.368. The first-order valence-electron chi connectivity index (χ1n) is 8.68. The molecule has 0 radical (unpaired) electrons. The Balaban J connectivity index is 1.57. The molecule has 0 N–H and O–H groups in total. The highest BCUT2D eigenvalue weighted by molar-refractivity contribution is 5.93. The summed E-state index contributed by atoms with van der Waals surface area (Å²) >= 11 is 0. The first-order valence-corrected chi connectivity index (χ1v) is 8.68. The zero-order valence-corrected chi connectivity index (χ0v) is 15.1. The number of ether oxygens (including phenoxy) is 1. The number of hydrogen-bond donors (Lipinski definition) is 0. The van der Waals surface area contributed by atoms with Gasteiger partial charge < -0.3 is 14.0 Å². The Morgan fingerprint density at radius 1 is 1.15 bits per heavy atom. The second-order valence-corrected chi connectivity index (χ2v) is 6.69. The van der Waals surface area contributed by atoms with Crippen molar-refractivity contribution in [3.63, 3.8) is 0 Å². The fourth-order valence-corrected chi connectivity index (χ4v) is 3.29. The minimum Gasteiger partial charge on any atom is -0.368 e. The number of morpholine rings is 1. The molecule has 1 amide bonds. The molecule has 3 aromatic rings. The number of carbonyl (C=O) groups excluding carboxylic acids is 1. The maximum atomic E-state index is 12.9. The summed E-state index contributed by atoms with van der Waals surface area (Å²) in [5.74, 6) is 0.630. The highest BCUT2D eigenvalue weighted by Crippen LogP contribution is 2.22. The zero-order chi connectivity index (χ0) is 18.3. The predicted molar refractivity (Wildman–Crippen MR) is 96.0 cm³/mol. The van der Waals surface area contributed by atoms with Crippen LogP contribution in [-0.4, -0.2) is 49.9 Å². The molecule has 1 atom stereocenters. The number of hydrogen-bond acceptors (Lipinski definition) is 5. The summed E-state index contributed by atoms with van der Waals surface area (Å²) in [5, 5.41) is 0. The Morgan fingerprint density at radius 3 is 2.81 bits per heavy atom. The molecule has 4 heterocycles. The van der Waals surface area contributed by atoms with Crippen LogP contribution in [0.4, 0.5) is 0 Å². The van der Waals surface area contributed by atoms with Gasteiger partial charge in [-0.05, 0) is 38.5 Å². The van der Waals surface area contributed by atoms with Gasteiger partial charge in [-0.2, -0.15) is 0 Å². The minimum atomic E-state index is -0.243. The van der Waals surface area contributed by atoms with Gasteiger partial charge in [0.2, 0.25) is 0 Å². The highest BCUT2D eigenvalue weighted by Gasteiger charge is 2.28. The number of rotatable bonds is 2. The van der Waals surface area contributed by atoms with Crippen LogP contribution >= 0.6 is 0 Å². The lowest BCUT2D eigenvalue weighted by Crippen LogP contribution is -2.42. The zero-order valence-electron chi connectivity index (χ0n) is 15.1. The van der Waals surface area contributed by atoms with E-state index in [9.17, 15) is 4.79 Å². The number of aromatic nitrogens is 4. The SMILES string of the molecule is Cc1ccc2nc(C(=O)N3CCOC(c4cc(C)nc(C)n4)C3)cn2c1. The van der Waals surface area contributed by atoms with E-state index < -0.39 is 0 Å². The molecule has 134 valence electrons. The minimum absolute atomic E-state index is 0.0813. The second kappa shape index (κ2) is 6.49. The van der Waals surface area contributed by atoms with E-state index in [0.717, 1.165) is 22.6 Å². The maximum Gasteiger partial charge on any atom is 0.274 e. The molecule has 1 aliphatic heterocycles. The molecule has 1 unspecified atom stereocenters. The monoisotopic (exact) mass is 351 g/mol. The molecular formula is C19H21N5O2. The van der Waals surface area contributed by atoms with Crippen LogP contribution in [0.3, 0.4) is 0 Å². The number of fused-ring (bicyclic) bond motifs is 1. The van der Waals surface area contributed by atoms with Gasteiger partial charge in [0.05, 0.1) is 18.8 Å². The Bertz CT molecular complexity index is 961. The van der Waals surface area contributed by atoms with Crippen molar-refractivity contribution in [1.82, 2.24) is 24.3 Å². The van der Waals surface area contributed by atoms with Crippen molar-refractivity contribution >= 4 is 11.6 Å². The van der Waals surface area contributed by atoms with Gasteiger partial charge in [-0.1, -0.05) is 6.07 Å². The molecule has 1 saturated heterocycles. The lowest BCUT2D eigenvalue weighted by Gasteiger charge is -2.32. The van der Waals surface area contributed by atoms with E-state index in [0.29, 0.717) is 31.2 Å². The maximum absolute atomic E-state index is 12.9. The third-order valence-corrected chi connectivity index (χ3v) is 4.49. The van der Waals surface area contributed by atoms with Crippen molar-refractivity contribution in [2.75, 3.05) is 19.7 Å². The molecule has 0 aliphatic carbocycles. The Morgan fingerprint density at radius 2 is 2.00 bits per heavy atom. The number of amides is 1. The van der Waals surface area contributed by atoms with Gasteiger partial charge in [-0.3, -0.25) is 4.79 Å². The topological polar surface area (TPSA) is 72.6 Å². The third kappa shape index (κ3) is 3.17. The fourth-order valence-electron chi connectivity index (χ4n) is 3.29. The van der Waals surface area contributed by atoms with E-state index in [1.54, 1.807) is 11.1 Å². The van der Waals surface area contributed by atoms with Crippen LogP contribution in [0.1, 0.15) is 39.4 Å². The molecule has 4 rings (SSSR count).